The summed E-state index contributed by atoms with van der Waals surface area (Å²) in [7, 11) is 0. The summed E-state index contributed by atoms with van der Waals surface area (Å²) in [4.78, 5) is 14.4. The van der Waals surface area contributed by atoms with Crippen molar-refractivity contribution in [3.63, 3.8) is 0 Å². The van der Waals surface area contributed by atoms with Gasteiger partial charge in [-0.05, 0) is 42.3 Å². The van der Waals surface area contributed by atoms with Crippen LogP contribution in [-0.2, 0) is 0 Å². The first-order valence-electron chi connectivity index (χ1n) is 7.75. The average Bonchev–Trinajstić information content (AvgIpc) is 3.23. The van der Waals surface area contributed by atoms with Crippen molar-refractivity contribution in [2.45, 2.75) is 12.3 Å². The highest BCUT2D eigenvalue weighted by atomic mass is 35.5. The normalized spacial score (nSPS) is 18.9. The number of likely N-dealkylation sites (tertiary alicyclic amines) is 1. The van der Waals surface area contributed by atoms with E-state index in [1.165, 1.54) is 18.2 Å². The molecule has 4 nitrogen and oxygen atoms in total. The second kappa shape index (κ2) is 5.98. The summed E-state index contributed by atoms with van der Waals surface area (Å²) in [6.45, 7) is 1.49. The van der Waals surface area contributed by atoms with Crippen molar-refractivity contribution in [1.82, 2.24) is 4.90 Å². The van der Waals surface area contributed by atoms with Gasteiger partial charge in [0.1, 0.15) is 5.82 Å². The number of carbonyl (C=O) groups is 1. The van der Waals surface area contributed by atoms with Crippen LogP contribution in [0, 0.1) is 5.82 Å². The van der Waals surface area contributed by atoms with Gasteiger partial charge in [-0.25, -0.2) is 4.39 Å². The molecule has 6 heteroatoms. The standard InChI is InChI=1S/C18H15ClFNO3/c19-15-8-13(20)2-3-14(15)18(22)21-6-5-12(9-21)11-1-4-16-17(7-11)24-10-23-16/h1-4,7-8,12H,5-6,9-10H2. The molecule has 124 valence electrons. The van der Waals surface area contributed by atoms with Crippen molar-refractivity contribution in [2.24, 2.45) is 0 Å². The highest BCUT2D eigenvalue weighted by Crippen LogP contribution is 2.37. The molecule has 0 bridgehead atoms. The van der Waals surface area contributed by atoms with E-state index in [4.69, 9.17) is 21.1 Å². The van der Waals surface area contributed by atoms with E-state index in [9.17, 15) is 9.18 Å². The van der Waals surface area contributed by atoms with Crippen LogP contribution in [0.3, 0.4) is 0 Å². The maximum Gasteiger partial charge on any atom is 0.255 e. The molecule has 0 spiro atoms. The Morgan fingerprint density at radius 3 is 2.83 bits per heavy atom. The fourth-order valence-electron chi connectivity index (χ4n) is 3.22. The summed E-state index contributed by atoms with van der Waals surface area (Å²) in [6, 6.07) is 9.75. The predicted octanol–water partition coefficient (Wildman–Crippen LogP) is 3.84. The third-order valence-corrected chi connectivity index (χ3v) is 4.82. The molecule has 2 heterocycles. The molecule has 2 aromatic carbocycles. The van der Waals surface area contributed by atoms with Crippen molar-refractivity contribution in [3.8, 4) is 11.5 Å². The van der Waals surface area contributed by atoms with Crippen LogP contribution in [0.1, 0.15) is 28.3 Å². The molecular weight excluding hydrogens is 333 g/mol. The first-order valence-corrected chi connectivity index (χ1v) is 8.13. The third-order valence-electron chi connectivity index (χ3n) is 4.51. The molecule has 24 heavy (non-hydrogen) atoms. The second-order valence-corrected chi connectivity index (χ2v) is 6.38. The van der Waals surface area contributed by atoms with Crippen LogP contribution in [0.25, 0.3) is 0 Å². The maximum atomic E-state index is 13.1. The molecule has 0 saturated carbocycles. The molecular formula is C18H15ClFNO3. The van der Waals surface area contributed by atoms with E-state index in [0.29, 0.717) is 18.7 Å². The lowest BCUT2D eigenvalue weighted by atomic mass is 9.98. The van der Waals surface area contributed by atoms with Gasteiger partial charge in [0.25, 0.3) is 5.91 Å². The minimum atomic E-state index is -0.448. The van der Waals surface area contributed by atoms with Crippen LogP contribution in [0.15, 0.2) is 36.4 Å². The summed E-state index contributed by atoms with van der Waals surface area (Å²) >= 11 is 6.00. The highest BCUT2D eigenvalue weighted by Gasteiger charge is 2.30. The number of benzene rings is 2. The molecule has 1 saturated heterocycles. The van der Waals surface area contributed by atoms with Crippen LogP contribution < -0.4 is 9.47 Å². The number of rotatable bonds is 2. The number of nitrogens with zero attached hydrogens (tertiary/aromatic N) is 1. The van der Waals surface area contributed by atoms with Gasteiger partial charge in [0.2, 0.25) is 6.79 Å². The van der Waals surface area contributed by atoms with Crippen molar-refractivity contribution in [1.29, 1.82) is 0 Å². The third kappa shape index (κ3) is 2.69. The summed E-state index contributed by atoms with van der Waals surface area (Å²) in [6.07, 6.45) is 0.865. The minimum absolute atomic E-state index is 0.145. The zero-order chi connectivity index (χ0) is 16.7. The van der Waals surface area contributed by atoms with Crippen molar-refractivity contribution in [2.75, 3.05) is 19.9 Å². The number of fused-ring (bicyclic) bond motifs is 1. The van der Waals surface area contributed by atoms with Gasteiger partial charge in [-0.3, -0.25) is 4.79 Å². The maximum absolute atomic E-state index is 13.1. The Hall–Kier alpha value is -2.27. The molecule has 0 aliphatic carbocycles. The first kappa shape index (κ1) is 15.3. The number of ether oxygens (including phenoxy) is 2. The molecule has 0 N–H and O–H groups in total. The number of halogens is 2. The fourth-order valence-corrected chi connectivity index (χ4v) is 3.47. The summed E-state index contributed by atoms with van der Waals surface area (Å²) in [5.74, 6) is 1.13. The smallest absolute Gasteiger partial charge is 0.255 e. The van der Waals surface area contributed by atoms with E-state index >= 15 is 0 Å². The van der Waals surface area contributed by atoms with Crippen LogP contribution >= 0.6 is 11.6 Å². The quantitative estimate of drug-likeness (QED) is 0.828. The van der Waals surface area contributed by atoms with E-state index in [2.05, 4.69) is 0 Å². The number of hydrogen-bond acceptors (Lipinski definition) is 3. The Balaban J connectivity index is 1.51. The van der Waals surface area contributed by atoms with E-state index in [1.807, 2.05) is 18.2 Å². The lowest BCUT2D eigenvalue weighted by molar-refractivity contribution is 0.0791. The van der Waals surface area contributed by atoms with Gasteiger partial charge in [-0.2, -0.15) is 0 Å². The van der Waals surface area contributed by atoms with E-state index < -0.39 is 5.82 Å². The number of amides is 1. The Morgan fingerprint density at radius 1 is 1.17 bits per heavy atom. The van der Waals surface area contributed by atoms with Crippen LogP contribution in [0.5, 0.6) is 11.5 Å². The molecule has 4 rings (SSSR count). The Kier molecular flexibility index (Phi) is 3.81. The van der Waals surface area contributed by atoms with Crippen molar-refractivity contribution >= 4 is 17.5 Å². The fraction of sp³-hybridized carbons (Fsp3) is 0.278. The Bertz CT molecular complexity index is 811. The Morgan fingerprint density at radius 2 is 2.00 bits per heavy atom. The minimum Gasteiger partial charge on any atom is -0.454 e. The van der Waals surface area contributed by atoms with Crippen molar-refractivity contribution in [3.05, 3.63) is 58.4 Å². The average molecular weight is 348 g/mol. The van der Waals surface area contributed by atoms with E-state index in [-0.39, 0.29) is 23.6 Å². The molecule has 2 aliphatic heterocycles. The van der Waals surface area contributed by atoms with Crippen LogP contribution in [0.4, 0.5) is 4.39 Å². The number of hydrogen-bond donors (Lipinski definition) is 0. The summed E-state index contributed by atoms with van der Waals surface area (Å²) < 4.78 is 23.9. The predicted molar refractivity (Wildman–Crippen MR) is 87.2 cm³/mol. The molecule has 1 unspecified atom stereocenters. The lowest BCUT2D eigenvalue weighted by Gasteiger charge is -2.17. The van der Waals surface area contributed by atoms with E-state index in [0.717, 1.165) is 23.5 Å². The lowest BCUT2D eigenvalue weighted by Crippen LogP contribution is -2.28. The molecule has 1 fully saturated rings. The van der Waals surface area contributed by atoms with Gasteiger partial charge in [-0.15, -0.1) is 0 Å². The van der Waals surface area contributed by atoms with Gasteiger partial charge in [0.05, 0.1) is 10.6 Å². The molecule has 1 atom stereocenters. The van der Waals surface area contributed by atoms with Crippen LogP contribution in [0.2, 0.25) is 5.02 Å². The first-order chi connectivity index (χ1) is 11.6. The summed E-state index contributed by atoms with van der Waals surface area (Å²) in [5, 5.41) is 0.145. The summed E-state index contributed by atoms with van der Waals surface area (Å²) in [5.41, 5.74) is 1.46. The molecule has 2 aliphatic rings. The largest absolute Gasteiger partial charge is 0.454 e. The number of carbonyl (C=O) groups excluding carboxylic acids is 1. The Labute approximate surface area is 143 Å². The monoisotopic (exact) mass is 347 g/mol. The van der Waals surface area contributed by atoms with Crippen molar-refractivity contribution < 1.29 is 18.7 Å². The molecule has 0 radical (unpaired) electrons. The van der Waals surface area contributed by atoms with Gasteiger partial charge in [0, 0.05) is 19.0 Å². The molecule has 2 aromatic rings. The second-order valence-electron chi connectivity index (χ2n) is 5.97. The van der Waals surface area contributed by atoms with Crippen LogP contribution in [-0.4, -0.2) is 30.7 Å². The van der Waals surface area contributed by atoms with Gasteiger partial charge < -0.3 is 14.4 Å². The zero-order valence-corrected chi connectivity index (χ0v) is 13.6. The van der Waals surface area contributed by atoms with Gasteiger partial charge in [0.15, 0.2) is 11.5 Å². The zero-order valence-electron chi connectivity index (χ0n) is 12.8. The molecule has 1 amide bonds. The highest BCUT2D eigenvalue weighted by molar-refractivity contribution is 6.33. The molecule has 0 aromatic heterocycles. The SMILES string of the molecule is O=C(c1ccc(F)cc1Cl)N1CCC(c2ccc3c(c2)OCO3)C1. The van der Waals surface area contributed by atoms with E-state index in [1.54, 1.807) is 4.90 Å². The van der Waals surface area contributed by atoms with Gasteiger partial charge >= 0.3 is 0 Å². The topological polar surface area (TPSA) is 38.8 Å². The van der Waals surface area contributed by atoms with Gasteiger partial charge in [-0.1, -0.05) is 17.7 Å².